The van der Waals surface area contributed by atoms with Crippen LogP contribution in [-0.2, 0) is 27.2 Å². The van der Waals surface area contributed by atoms with Gasteiger partial charge in [0.1, 0.15) is 5.82 Å². The summed E-state index contributed by atoms with van der Waals surface area (Å²) in [7, 11) is 1.77. The quantitative estimate of drug-likeness (QED) is 0.307. The zero-order valence-corrected chi connectivity index (χ0v) is 29.0. The number of benzene rings is 1. The summed E-state index contributed by atoms with van der Waals surface area (Å²) >= 11 is 0. The number of carboxylic acid groups (broad SMARTS) is 1. The van der Waals surface area contributed by atoms with Gasteiger partial charge in [0.25, 0.3) is 0 Å². The first-order valence-corrected chi connectivity index (χ1v) is 18.3. The zero-order valence-electron chi connectivity index (χ0n) is 29.0. The summed E-state index contributed by atoms with van der Waals surface area (Å²) in [4.78, 5) is 55.9. The molecule has 0 saturated carbocycles. The van der Waals surface area contributed by atoms with Gasteiger partial charge in [0.15, 0.2) is 0 Å². The van der Waals surface area contributed by atoms with E-state index in [1.165, 1.54) is 5.56 Å². The Morgan fingerprint density at radius 1 is 1.06 bits per heavy atom. The number of carboxylic acids is 1. The van der Waals surface area contributed by atoms with Crippen molar-refractivity contribution < 1.29 is 19.5 Å². The van der Waals surface area contributed by atoms with Gasteiger partial charge in [0.05, 0.1) is 18.4 Å². The molecule has 11 nitrogen and oxygen atoms in total. The van der Waals surface area contributed by atoms with E-state index in [1.54, 1.807) is 24.3 Å². The number of carbonyl (C=O) groups is 3. The number of fused-ring (bicyclic) bond motifs is 1. The maximum atomic E-state index is 13.8. The van der Waals surface area contributed by atoms with Gasteiger partial charge in [-0.2, -0.15) is 0 Å². The van der Waals surface area contributed by atoms with Crippen LogP contribution in [0.5, 0.6) is 0 Å². The molecule has 3 fully saturated rings. The highest BCUT2D eigenvalue weighted by Gasteiger charge is 2.44. The van der Waals surface area contributed by atoms with E-state index in [1.807, 2.05) is 23.1 Å². The maximum Gasteiger partial charge on any atom is 0.304 e. The molecule has 0 aliphatic carbocycles. The van der Waals surface area contributed by atoms with Gasteiger partial charge >= 0.3 is 5.97 Å². The van der Waals surface area contributed by atoms with Crippen molar-refractivity contribution in [1.29, 1.82) is 0 Å². The Morgan fingerprint density at radius 2 is 1.92 bits per heavy atom. The van der Waals surface area contributed by atoms with Crippen LogP contribution in [0.4, 0.5) is 11.5 Å². The van der Waals surface area contributed by atoms with Crippen molar-refractivity contribution in [2.75, 3.05) is 69.6 Å². The Balaban J connectivity index is 0.943. The van der Waals surface area contributed by atoms with Gasteiger partial charge in [0, 0.05) is 89.0 Å². The molecule has 0 spiro atoms. The van der Waals surface area contributed by atoms with Crippen molar-refractivity contribution in [1.82, 2.24) is 24.7 Å². The fourth-order valence-electron chi connectivity index (χ4n) is 8.48. The largest absolute Gasteiger partial charge is 0.481 e. The van der Waals surface area contributed by atoms with E-state index in [-0.39, 0.29) is 36.6 Å². The summed E-state index contributed by atoms with van der Waals surface area (Å²) in [6, 6.07) is 16.2. The highest BCUT2D eigenvalue weighted by Crippen LogP contribution is 2.38. The summed E-state index contributed by atoms with van der Waals surface area (Å²) < 4.78 is 0. The molecule has 4 aliphatic heterocycles. The van der Waals surface area contributed by atoms with Crippen molar-refractivity contribution >= 4 is 29.3 Å². The molecular formula is C39H49N7O4. The average molecular weight is 680 g/mol. The topological polar surface area (TPSA) is 122 Å². The third-order valence-electron chi connectivity index (χ3n) is 11.3. The number of hydrogen-bond acceptors (Lipinski definition) is 8. The molecule has 2 N–H and O–H groups in total. The Hall–Kier alpha value is -4.51. The molecule has 3 saturated heterocycles. The van der Waals surface area contributed by atoms with Crippen molar-refractivity contribution in [3.8, 4) is 0 Å². The number of nitrogens with zero attached hydrogens (tertiary/aromatic N) is 6. The first kappa shape index (κ1) is 34.0. The second-order valence-corrected chi connectivity index (χ2v) is 14.5. The van der Waals surface area contributed by atoms with E-state index in [2.05, 4.69) is 50.4 Å². The average Bonchev–Trinajstić information content (AvgIpc) is 3.72. The fraction of sp³-hybridized carbons (Fsp3) is 0.513. The predicted octanol–water partition coefficient (Wildman–Crippen LogP) is 4.22. The summed E-state index contributed by atoms with van der Waals surface area (Å²) in [5.74, 6) is 0.324. The highest BCUT2D eigenvalue weighted by molar-refractivity contribution is 5.90. The number of aryl methyl sites for hydroxylation is 2. The number of amides is 2. The summed E-state index contributed by atoms with van der Waals surface area (Å²) in [5, 5.41) is 13.3. The van der Waals surface area contributed by atoms with Gasteiger partial charge in [-0.3, -0.25) is 19.4 Å². The number of anilines is 2. The Labute approximate surface area is 294 Å². The van der Waals surface area contributed by atoms with E-state index < -0.39 is 11.9 Å². The summed E-state index contributed by atoms with van der Waals surface area (Å²) in [5.41, 5.74) is 5.46. The van der Waals surface area contributed by atoms with Crippen LogP contribution in [0.15, 0.2) is 60.9 Å². The second kappa shape index (κ2) is 15.2. The zero-order chi connectivity index (χ0) is 34.6. The van der Waals surface area contributed by atoms with Gasteiger partial charge in [0.2, 0.25) is 11.8 Å². The Kier molecular flexibility index (Phi) is 10.3. The van der Waals surface area contributed by atoms with Gasteiger partial charge < -0.3 is 30.0 Å². The van der Waals surface area contributed by atoms with Gasteiger partial charge in [-0.25, -0.2) is 4.98 Å². The SMILES string of the molecule is CN1C(=O)C[C@H](C(=O)N2CCN(c3cccc([C@H](CC(=O)O)CN4CC[C@@H](CCc5ccc6c(n5)NCCC6)C4)c3)CC2)[C@H]1c1cccnc1. The van der Waals surface area contributed by atoms with Gasteiger partial charge in [-0.1, -0.05) is 24.3 Å². The minimum atomic E-state index is -0.781. The summed E-state index contributed by atoms with van der Waals surface area (Å²) in [6.07, 6.45) is 9.19. The lowest BCUT2D eigenvalue weighted by Crippen LogP contribution is -2.51. The smallest absolute Gasteiger partial charge is 0.304 e. The first-order chi connectivity index (χ1) is 24.3. The molecule has 3 aromatic rings. The lowest BCUT2D eigenvalue weighted by atomic mass is 9.93. The molecule has 11 heteroatoms. The molecule has 0 radical (unpaired) electrons. The number of rotatable bonds is 11. The Morgan fingerprint density at radius 3 is 2.72 bits per heavy atom. The third kappa shape index (κ3) is 7.62. The molecule has 0 unspecified atom stereocenters. The molecule has 6 heterocycles. The first-order valence-electron chi connectivity index (χ1n) is 18.3. The van der Waals surface area contributed by atoms with Crippen LogP contribution in [0, 0.1) is 11.8 Å². The number of aliphatic carboxylic acids is 1. The molecule has 264 valence electrons. The second-order valence-electron chi connectivity index (χ2n) is 14.5. The molecule has 4 aliphatic rings. The molecule has 1 aromatic carbocycles. The molecule has 0 bridgehead atoms. The minimum absolute atomic E-state index is 0.0198. The lowest BCUT2D eigenvalue weighted by molar-refractivity contribution is -0.138. The Bertz CT molecular complexity index is 1680. The van der Waals surface area contributed by atoms with Crippen LogP contribution < -0.4 is 10.2 Å². The molecular weight excluding hydrogens is 630 g/mol. The number of hydrogen-bond donors (Lipinski definition) is 2. The van der Waals surface area contributed by atoms with E-state index in [0.717, 1.165) is 86.6 Å². The van der Waals surface area contributed by atoms with E-state index in [4.69, 9.17) is 4.98 Å². The van der Waals surface area contributed by atoms with Crippen LogP contribution in [0.25, 0.3) is 0 Å². The van der Waals surface area contributed by atoms with Crippen molar-refractivity contribution in [2.45, 2.75) is 56.9 Å². The molecule has 2 aromatic heterocycles. The van der Waals surface area contributed by atoms with Gasteiger partial charge in [-0.15, -0.1) is 0 Å². The van der Waals surface area contributed by atoms with Crippen LogP contribution >= 0.6 is 0 Å². The van der Waals surface area contributed by atoms with E-state index in [9.17, 15) is 19.5 Å². The fourth-order valence-corrected chi connectivity index (χ4v) is 8.48. The predicted molar refractivity (Wildman–Crippen MR) is 192 cm³/mol. The monoisotopic (exact) mass is 679 g/mol. The van der Waals surface area contributed by atoms with Crippen LogP contribution in [0.3, 0.4) is 0 Å². The van der Waals surface area contributed by atoms with Crippen LogP contribution in [0.2, 0.25) is 0 Å². The van der Waals surface area contributed by atoms with Crippen molar-refractivity contribution in [3.63, 3.8) is 0 Å². The molecule has 7 rings (SSSR count). The van der Waals surface area contributed by atoms with Crippen LogP contribution in [-0.4, -0.2) is 107 Å². The van der Waals surface area contributed by atoms with Crippen LogP contribution in [0.1, 0.15) is 66.4 Å². The molecule has 50 heavy (non-hydrogen) atoms. The summed E-state index contributed by atoms with van der Waals surface area (Å²) in [6.45, 7) is 6.19. The standard InChI is InChI=1S/C39H49N7O4/c1-43-35(47)23-34(37(43)30-7-3-14-40-24-30)39(50)46-19-17-45(18-20-46)33-8-2-5-29(21-33)31(22-36(48)49)26-44-16-13-27(25-44)9-11-32-12-10-28-6-4-15-41-38(28)42-32/h2-3,5,7-8,10,12,14,21,24,27,31,34,37H,4,6,9,11,13,15-20,22-23,25-26H2,1H3,(H,41,42)(H,48,49)/t27-,31-,34+,37-/m1/s1. The van der Waals surface area contributed by atoms with Crippen molar-refractivity contribution in [3.05, 3.63) is 83.3 Å². The van der Waals surface area contributed by atoms with E-state index >= 15 is 0 Å². The molecule has 4 atom stereocenters. The number of nitrogens with one attached hydrogen (secondary N) is 1. The number of aromatic nitrogens is 2. The minimum Gasteiger partial charge on any atom is -0.481 e. The third-order valence-corrected chi connectivity index (χ3v) is 11.3. The van der Waals surface area contributed by atoms with Crippen molar-refractivity contribution in [2.24, 2.45) is 11.8 Å². The number of piperazine rings is 1. The van der Waals surface area contributed by atoms with Gasteiger partial charge in [-0.05, 0) is 85.5 Å². The normalized spacial score (nSPS) is 23.1. The molecule has 2 amide bonds. The number of carbonyl (C=O) groups excluding carboxylic acids is 2. The van der Waals surface area contributed by atoms with E-state index in [0.29, 0.717) is 32.1 Å². The lowest BCUT2D eigenvalue weighted by Gasteiger charge is -2.38. The maximum absolute atomic E-state index is 13.8. The number of likely N-dealkylation sites (tertiary alicyclic amines) is 2. The number of pyridine rings is 2. The highest BCUT2D eigenvalue weighted by atomic mass is 16.4.